The van der Waals surface area contributed by atoms with Crippen molar-refractivity contribution in [1.29, 1.82) is 0 Å². The maximum atomic E-state index is 12.9. The van der Waals surface area contributed by atoms with E-state index in [1.54, 1.807) is 4.90 Å². The van der Waals surface area contributed by atoms with Crippen molar-refractivity contribution in [3.05, 3.63) is 35.4 Å². The molecule has 152 valence electrons. The van der Waals surface area contributed by atoms with Crippen LogP contribution < -0.4 is 5.32 Å². The van der Waals surface area contributed by atoms with Crippen molar-refractivity contribution in [2.75, 3.05) is 13.1 Å². The molecule has 2 N–H and O–H groups in total. The number of benzene rings is 1. The second kappa shape index (κ2) is 9.22. The third-order valence-corrected chi connectivity index (χ3v) is 6.04. The summed E-state index contributed by atoms with van der Waals surface area (Å²) >= 11 is 0. The van der Waals surface area contributed by atoms with Crippen LogP contribution >= 0.6 is 0 Å². The number of carboxylic acid groups (broad SMARTS) is 1. The Morgan fingerprint density at radius 2 is 1.71 bits per heavy atom. The molecular weight excluding hydrogens is 356 g/mol. The number of piperidine rings is 1. The number of hydrogen-bond acceptors (Lipinski definition) is 3. The average Bonchev–Trinajstić information content (AvgIpc) is 2.93. The smallest absolute Gasteiger partial charge is 0.308 e. The maximum Gasteiger partial charge on any atom is 0.308 e. The first-order valence-corrected chi connectivity index (χ1v) is 10.3. The van der Waals surface area contributed by atoms with Crippen molar-refractivity contribution in [2.45, 2.75) is 57.9 Å². The Morgan fingerprint density at radius 1 is 1.00 bits per heavy atom. The molecule has 1 aliphatic heterocycles. The minimum atomic E-state index is -0.827. The molecule has 1 unspecified atom stereocenters. The van der Waals surface area contributed by atoms with Crippen LogP contribution in [0.15, 0.2) is 24.3 Å². The number of hydrogen-bond donors (Lipinski definition) is 2. The van der Waals surface area contributed by atoms with Crippen LogP contribution in [0.2, 0.25) is 0 Å². The molecule has 1 aromatic carbocycles. The van der Waals surface area contributed by atoms with E-state index in [4.69, 9.17) is 0 Å². The third kappa shape index (κ3) is 4.91. The molecule has 6 heteroatoms. The van der Waals surface area contributed by atoms with E-state index in [0.717, 1.165) is 37.7 Å². The Morgan fingerprint density at radius 3 is 2.43 bits per heavy atom. The lowest BCUT2D eigenvalue weighted by Gasteiger charge is -2.33. The zero-order chi connectivity index (χ0) is 20.1. The van der Waals surface area contributed by atoms with Gasteiger partial charge in [-0.2, -0.15) is 0 Å². The molecule has 1 aromatic rings. The maximum absolute atomic E-state index is 12.9. The van der Waals surface area contributed by atoms with Gasteiger partial charge < -0.3 is 15.3 Å². The summed E-state index contributed by atoms with van der Waals surface area (Å²) in [4.78, 5) is 39.0. The number of amides is 2. The molecule has 1 saturated heterocycles. The summed E-state index contributed by atoms with van der Waals surface area (Å²) in [6, 6.07) is 7.17. The van der Waals surface area contributed by atoms with Crippen molar-refractivity contribution in [3.8, 4) is 0 Å². The summed E-state index contributed by atoms with van der Waals surface area (Å²) in [7, 11) is 0. The predicted octanol–water partition coefficient (Wildman–Crippen LogP) is 3.00. The highest BCUT2D eigenvalue weighted by molar-refractivity contribution is 5.94. The number of aryl methyl sites for hydroxylation is 1. The summed E-state index contributed by atoms with van der Waals surface area (Å²) in [6.45, 7) is 3.02. The highest BCUT2D eigenvalue weighted by atomic mass is 16.4. The largest absolute Gasteiger partial charge is 0.481 e. The van der Waals surface area contributed by atoms with E-state index < -0.39 is 11.9 Å². The minimum absolute atomic E-state index is 0.0459. The van der Waals surface area contributed by atoms with Gasteiger partial charge in [-0.3, -0.25) is 14.4 Å². The van der Waals surface area contributed by atoms with Crippen molar-refractivity contribution in [3.63, 3.8) is 0 Å². The van der Waals surface area contributed by atoms with Gasteiger partial charge in [0.2, 0.25) is 5.91 Å². The topological polar surface area (TPSA) is 86.7 Å². The predicted molar refractivity (Wildman–Crippen MR) is 106 cm³/mol. The zero-order valence-electron chi connectivity index (χ0n) is 16.5. The van der Waals surface area contributed by atoms with E-state index in [0.29, 0.717) is 31.5 Å². The Kier molecular flexibility index (Phi) is 6.70. The fourth-order valence-corrected chi connectivity index (χ4v) is 4.33. The Bertz CT molecular complexity index is 716. The quantitative estimate of drug-likeness (QED) is 0.779. The van der Waals surface area contributed by atoms with E-state index in [9.17, 15) is 19.5 Å². The number of rotatable bonds is 4. The standard InChI is InChI=1S/C22H30N2O4/c1-15-9-11-16(12-10-15)21(26)24-13-5-6-17(14-24)20(25)23-19-8-4-2-3-7-18(19)22(27)28/h9-12,17-19H,2-8,13-14H2,1H3,(H,23,25)(H,27,28)/t17?,18-,19+/m1/s1. The minimum Gasteiger partial charge on any atom is -0.481 e. The van der Waals surface area contributed by atoms with Crippen LogP contribution in [0, 0.1) is 18.8 Å². The van der Waals surface area contributed by atoms with Gasteiger partial charge in [0.05, 0.1) is 11.8 Å². The van der Waals surface area contributed by atoms with E-state index in [1.165, 1.54) is 0 Å². The monoisotopic (exact) mass is 386 g/mol. The summed E-state index contributed by atoms with van der Waals surface area (Å²) in [6.07, 6.45) is 5.68. The van der Waals surface area contributed by atoms with Crippen molar-refractivity contribution >= 4 is 17.8 Å². The summed E-state index contributed by atoms with van der Waals surface area (Å²) < 4.78 is 0. The number of carbonyl (C=O) groups excluding carboxylic acids is 2. The Labute approximate surface area is 166 Å². The van der Waals surface area contributed by atoms with Crippen LogP contribution in [0.25, 0.3) is 0 Å². The van der Waals surface area contributed by atoms with Gasteiger partial charge in [-0.15, -0.1) is 0 Å². The normalized spacial score (nSPS) is 25.6. The van der Waals surface area contributed by atoms with Gasteiger partial charge in [-0.25, -0.2) is 0 Å². The van der Waals surface area contributed by atoms with Gasteiger partial charge in [0.25, 0.3) is 5.91 Å². The fraction of sp³-hybridized carbons (Fsp3) is 0.591. The fourth-order valence-electron chi connectivity index (χ4n) is 4.33. The number of nitrogens with one attached hydrogen (secondary N) is 1. The van der Waals surface area contributed by atoms with Crippen molar-refractivity contribution < 1.29 is 19.5 Å². The molecule has 1 saturated carbocycles. The van der Waals surface area contributed by atoms with E-state index in [-0.39, 0.29) is 23.8 Å². The average molecular weight is 386 g/mol. The molecule has 0 radical (unpaired) electrons. The third-order valence-electron chi connectivity index (χ3n) is 6.04. The van der Waals surface area contributed by atoms with Crippen LogP contribution in [0.5, 0.6) is 0 Å². The number of nitrogens with zero attached hydrogens (tertiary/aromatic N) is 1. The number of likely N-dealkylation sites (tertiary alicyclic amines) is 1. The second-order valence-electron chi connectivity index (χ2n) is 8.15. The van der Waals surface area contributed by atoms with E-state index >= 15 is 0 Å². The van der Waals surface area contributed by atoms with Crippen molar-refractivity contribution in [1.82, 2.24) is 10.2 Å². The van der Waals surface area contributed by atoms with Crippen LogP contribution in [0.4, 0.5) is 0 Å². The molecule has 2 amide bonds. The van der Waals surface area contributed by atoms with Gasteiger partial charge in [0.15, 0.2) is 0 Å². The molecule has 2 aliphatic rings. The first-order valence-electron chi connectivity index (χ1n) is 10.3. The van der Waals surface area contributed by atoms with Crippen LogP contribution in [0.3, 0.4) is 0 Å². The molecule has 0 bridgehead atoms. The van der Waals surface area contributed by atoms with Crippen molar-refractivity contribution in [2.24, 2.45) is 11.8 Å². The van der Waals surface area contributed by atoms with E-state index in [1.807, 2.05) is 31.2 Å². The van der Waals surface area contributed by atoms with Gasteiger partial charge >= 0.3 is 5.97 Å². The lowest BCUT2D eigenvalue weighted by Crippen LogP contribution is -2.50. The van der Waals surface area contributed by atoms with Gasteiger partial charge in [-0.05, 0) is 44.7 Å². The number of carboxylic acids is 1. The summed E-state index contributed by atoms with van der Waals surface area (Å²) in [5, 5.41) is 12.5. The highest BCUT2D eigenvalue weighted by Crippen LogP contribution is 2.25. The Balaban J connectivity index is 1.62. The van der Waals surface area contributed by atoms with E-state index in [2.05, 4.69) is 5.32 Å². The summed E-state index contributed by atoms with van der Waals surface area (Å²) in [5.74, 6) is -1.77. The molecule has 2 fully saturated rings. The number of aliphatic carboxylic acids is 1. The molecular formula is C22H30N2O4. The molecule has 0 spiro atoms. The molecule has 28 heavy (non-hydrogen) atoms. The zero-order valence-corrected chi connectivity index (χ0v) is 16.5. The molecule has 3 atom stereocenters. The Hall–Kier alpha value is -2.37. The molecule has 6 nitrogen and oxygen atoms in total. The summed E-state index contributed by atoms with van der Waals surface area (Å²) in [5.41, 5.74) is 1.74. The second-order valence-corrected chi connectivity index (χ2v) is 8.15. The van der Waals surface area contributed by atoms with Crippen LogP contribution in [0.1, 0.15) is 60.9 Å². The molecule has 1 aliphatic carbocycles. The lowest BCUT2D eigenvalue weighted by molar-refractivity contribution is -0.143. The number of carbonyl (C=O) groups is 3. The van der Waals surface area contributed by atoms with Gasteiger partial charge in [-0.1, -0.05) is 37.0 Å². The molecule has 3 rings (SSSR count). The molecule has 0 aromatic heterocycles. The SMILES string of the molecule is Cc1ccc(C(=O)N2CCCC(C(=O)N[C@H]3CCCCC[C@H]3C(=O)O)C2)cc1. The molecule has 1 heterocycles. The first kappa shape index (κ1) is 20.4. The van der Waals surface area contributed by atoms with Gasteiger partial charge in [0.1, 0.15) is 0 Å². The highest BCUT2D eigenvalue weighted by Gasteiger charge is 2.34. The van der Waals surface area contributed by atoms with Gasteiger partial charge in [0, 0.05) is 24.7 Å². The lowest BCUT2D eigenvalue weighted by atomic mass is 9.92. The first-order chi connectivity index (χ1) is 13.5. The van der Waals surface area contributed by atoms with Crippen LogP contribution in [-0.4, -0.2) is 46.9 Å². The van der Waals surface area contributed by atoms with Crippen LogP contribution in [-0.2, 0) is 9.59 Å².